The van der Waals surface area contributed by atoms with Crippen LogP contribution in [0.25, 0.3) is 16.9 Å². The number of para-hydroxylation sites is 1. The lowest BCUT2D eigenvalue weighted by atomic mass is 9.70. The van der Waals surface area contributed by atoms with Crippen LogP contribution in [-0.2, 0) is 9.53 Å². The largest absolute Gasteiger partial charge is 0.444 e. The van der Waals surface area contributed by atoms with E-state index < -0.39 is 5.92 Å². The first-order chi connectivity index (χ1) is 17.2. The van der Waals surface area contributed by atoms with Gasteiger partial charge in [0.15, 0.2) is 5.78 Å². The molecule has 0 radical (unpaired) electrons. The highest BCUT2D eigenvalue weighted by molar-refractivity contribution is 6.00. The summed E-state index contributed by atoms with van der Waals surface area (Å²) in [5.41, 5.74) is 11.3. The van der Waals surface area contributed by atoms with Crippen molar-refractivity contribution in [2.24, 2.45) is 11.1 Å². The lowest BCUT2D eigenvalue weighted by molar-refractivity contribution is -0.119. The zero-order valence-electron chi connectivity index (χ0n) is 21.1. The monoisotopic (exact) mass is 478 g/mol. The molecule has 1 atom stereocenters. The number of carbonyl (C=O) groups excluding carboxylic acids is 1. The molecule has 6 heteroatoms. The Hall–Kier alpha value is -4.11. The molecule has 2 aromatic carbocycles. The molecule has 0 saturated heterocycles. The summed E-state index contributed by atoms with van der Waals surface area (Å²) in [7, 11) is 0. The minimum Gasteiger partial charge on any atom is -0.444 e. The molecule has 3 aromatic rings. The lowest BCUT2D eigenvalue weighted by Crippen LogP contribution is -2.33. The molecule has 2 aliphatic rings. The Morgan fingerprint density at radius 2 is 1.81 bits per heavy atom. The number of ketones is 1. The lowest BCUT2D eigenvalue weighted by Gasteiger charge is -2.37. The minimum atomic E-state index is -0.639. The molecule has 0 bridgehead atoms. The second-order valence-corrected chi connectivity index (χ2v) is 10.7. The average Bonchev–Trinajstić information content (AvgIpc) is 3.28. The van der Waals surface area contributed by atoms with Crippen molar-refractivity contribution in [3.8, 4) is 23.0 Å². The normalized spacial score (nSPS) is 19.2. The Morgan fingerprint density at radius 1 is 1.11 bits per heavy atom. The first-order valence-electron chi connectivity index (χ1n) is 12.3. The van der Waals surface area contributed by atoms with Gasteiger partial charge >= 0.3 is 0 Å². The van der Waals surface area contributed by atoms with E-state index >= 15 is 0 Å². The summed E-state index contributed by atoms with van der Waals surface area (Å²) < 4.78 is 7.70. The molecule has 0 spiro atoms. The first kappa shape index (κ1) is 23.6. The van der Waals surface area contributed by atoms with E-state index in [0.717, 1.165) is 16.8 Å². The van der Waals surface area contributed by atoms with E-state index in [1.807, 2.05) is 50.4 Å². The maximum atomic E-state index is 13.5. The van der Waals surface area contributed by atoms with Gasteiger partial charge in [0.2, 0.25) is 5.88 Å². The molecule has 0 amide bonds. The second kappa shape index (κ2) is 8.83. The number of aromatic nitrogens is 2. The number of carbonyl (C=O) groups is 1. The number of hydrogen-bond donors (Lipinski definition) is 1. The molecule has 1 aliphatic carbocycles. The predicted molar refractivity (Wildman–Crippen MR) is 139 cm³/mol. The van der Waals surface area contributed by atoms with Crippen molar-refractivity contribution in [1.82, 2.24) is 9.78 Å². The van der Waals surface area contributed by atoms with Crippen LogP contribution in [0.5, 0.6) is 0 Å². The Labute approximate surface area is 211 Å². The molecule has 5 rings (SSSR count). The molecule has 6 nitrogen and oxygen atoms in total. The van der Waals surface area contributed by atoms with Crippen molar-refractivity contribution in [3.05, 3.63) is 94.7 Å². The Bertz CT molecular complexity index is 1430. The number of benzene rings is 2. The summed E-state index contributed by atoms with van der Waals surface area (Å²) in [4.78, 5) is 13.5. The number of rotatable bonds is 4. The van der Waals surface area contributed by atoms with E-state index in [-0.39, 0.29) is 22.7 Å². The number of ether oxygens (including phenoxy) is 1. The van der Waals surface area contributed by atoms with E-state index in [4.69, 9.17) is 15.6 Å². The van der Waals surface area contributed by atoms with Crippen molar-refractivity contribution in [3.63, 3.8) is 0 Å². The van der Waals surface area contributed by atoms with E-state index in [9.17, 15) is 10.1 Å². The van der Waals surface area contributed by atoms with Crippen molar-refractivity contribution in [2.75, 3.05) is 0 Å². The topological polar surface area (TPSA) is 93.9 Å². The molecule has 2 N–H and O–H groups in total. The highest BCUT2D eigenvalue weighted by atomic mass is 16.5. The summed E-state index contributed by atoms with van der Waals surface area (Å²) in [6, 6.07) is 20.3. The van der Waals surface area contributed by atoms with Gasteiger partial charge < -0.3 is 10.5 Å². The van der Waals surface area contributed by atoms with Crippen molar-refractivity contribution in [1.29, 1.82) is 5.26 Å². The summed E-state index contributed by atoms with van der Waals surface area (Å²) in [5, 5.41) is 15.1. The Balaban J connectivity index is 1.74. The molecule has 1 aromatic heterocycles. The van der Waals surface area contributed by atoms with Crippen molar-refractivity contribution >= 4 is 5.78 Å². The molecule has 0 unspecified atom stereocenters. The van der Waals surface area contributed by atoms with Gasteiger partial charge in [-0.05, 0) is 29.0 Å². The minimum absolute atomic E-state index is 0.0138. The van der Waals surface area contributed by atoms with Crippen LogP contribution in [0.15, 0.2) is 83.6 Å². The van der Waals surface area contributed by atoms with Crippen LogP contribution < -0.4 is 5.73 Å². The van der Waals surface area contributed by atoms with E-state index in [1.54, 1.807) is 4.68 Å². The van der Waals surface area contributed by atoms with Crippen molar-refractivity contribution < 1.29 is 9.53 Å². The third-order valence-electron chi connectivity index (χ3n) is 7.00. The maximum absolute atomic E-state index is 13.5. The van der Waals surface area contributed by atoms with Gasteiger partial charge in [-0.25, -0.2) is 4.68 Å². The third kappa shape index (κ3) is 4.11. The molecular weight excluding hydrogens is 448 g/mol. The Morgan fingerprint density at radius 3 is 2.44 bits per heavy atom. The van der Waals surface area contributed by atoms with Crippen LogP contribution in [0.2, 0.25) is 0 Å². The van der Waals surface area contributed by atoms with Gasteiger partial charge in [0, 0.05) is 35.7 Å². The number of hydrogen-bond acceptors (Lipinski definition) is 5. The zero-order valence-corrected chi connectivity index (χ0v) is 21.1. The van der Waals surface area contributed by atoms with Gasteiger partial charge in [0.05, 0.1) is 17.3 Å². The van der Waals surface area contributed by atoms with E-state index in [0.29, 0.717) is 35.8 Å². The molecule has 0 saturated carbocycles. The van der Waals surface area contributed by atoms with Gasteiger partial charge in [-0.15, -0.1) is 0 Å². The summed E-state index contributed by atoms with van der Waals surface area (Å²) in [6.45, 7) is 8.40. The molecule has 36 heavy (non-hydrogen) atoms. The number of nitriles is 1. The zero-order chi connectivity index (χ0) is 25.6. The molecule has 2 heterocycles. The standard InChI is InChI=1S/C30H30N4O2/c1-18(2)19-10-12-20(13-11-19)28-23(17-34(33-28)21-8-6-5-7-9-21)26-22(16-31)29(32)36-25-15-30(3,4)14-24(35)27(25)26/h5-13,17-18,26H,14-15,32H2,1-4H3/t26-/m0/s1. The number of allylic oxidation sites excluding steroid dienone is 3. The maximum Gasteiger partial charge on any atom is 0.205 e. The number of Topliss-reactive ketones (excluding diaryl/α,β-unsaturated/α-hetero) is 1. The molecule has 1 aliphatic heterocycles. The van der Waals surface area contributed by atoms with Crippen LogP contribution >= 0.6 is 0 Å². The number of nitrogens with zero attached hydrogens (tertiary/aromatic N) is 3. The van der Waals surface area contributed by atoms with E-state index in [2.05, 4.69) is 44.2 Å². The van der Waals surface area contributed by atoms with Crippen LogP contribution in [0, 0.1) is 16.7 Å². The van der Waals surface area contributed by atoms with Gasteiger partial charge in [0.1, 0.15) is 17.4 Å². The van der Waals surface area contributed by atoms with Crippen molar-refractivity contribution in [2.45, 2.75) is 52.4 Å². The highest BCUT2D eigenvalue weighted by Gasteiger charge is 2.44. The van der Waals surface area contributed by atoms with Gasteiger partial charge in [0.25, 0.3) is 0 Å². The Kier molecular flexibility index (Phi) is 5.80. The third-order valence-corrected chi connectivity index (χ3v) is 7.00. The molecule has 182 valence electrons. The highest BCUT2D eigenvalue weighted by Crippen LogP contribution is 2.49. The number of nitrogens with two attached hydrogens (primary N) is 1. The average molecular weight is 479 g/mol. The summed E-state index contributed by atoms with van der Waals surface area (Å²) in [5.74, 6) is 0.367. The fourth-order valence-electron chi connectivity index (χ4n) is 5.16. The van der Waals surface area contributed by atoms with Gasteiger partial charge in [-0.2, -0.15) is 10.4 Å². The van der Waals surface area contributed by atoms with Crippen LogP contribution in [0.1, 0.15) is 63.5 Å². The molecule has 0 fully saturated rings. The fourth-order valence-corrected chi connectivity index (χ4v) is 5.16. The second-order valence-electron chi connectivity index (χ2n) is 10.7. The van der Waals surface area contributed by atoms with Gasteiger partial charge in [-0.3, -0.25) is 4.79 Å². The summed E-state index contributed by atoms with van der Waals surface area (Å²) in [6.07, 6.45) is 2.88. The fraction of sp³-hybridized carbons (Fsp3) is 0.300. The van der Waals surface area contributed by atoms with Crippen LogP contribution in [-0.4, -0.2) is 15.6 Å². The summed E-state index contributed by atoms with van der Waals surface area (Å²) >= 11 is 0. The predicted octanol–water partition coefficient (Wildman–Crippen LogP) is 6.11. The quantitative estimate of drug-likeness (QED) is 0.488. The first-order valence-corrected chi connectivity index (χ1v) is 12.3. The van der Waals surface area contributed by atoms with E-state index in [1.165, 1.54) is 5.56 Å². The SMILES string of the molecule is CC(C)c1ccc(-c2nn(-c3ccccc3)cc2[C@@H]2C(C#N)=C(N)OC3=C2C(=O)CC(C)(C)C3)cc1. The van der Waals surface area contributed by atoms with Crippen LogP contribution in [0.4, 0.5) is 0 Å². The van der Waals surface area contributed by atoms with Crippen LogP contribution in [0.3, 0.4) is 0 Å². The smallest absolute Gasteiger partial charge is 0.205 e. The van der Waals surface area contributed by atoms with Gasteiger partial charge in [-0.1, -0.05) is 70.2 Å². The molecular formula is C30H30N4O2.